The monoisotopic (exact) mass is 464 g/mol. The van der Waals surface area contributed by atoms with Gasteiger partial charge in [-0.1, -0.05) is 12.1 Å². The summed E-state index contributed by atoms with van der Waals surface area (Å²) in [6.45, 7) is 2.88. The minimum absolute atomic E-state index is 0.00665. The number of aromatic hydroxyl groups is 1. The molecule has 10 heteroatoms. The van der Waals surface area contributed by atoms with Gasteiger partial charge in [-0.3, -0.25) is 14.4 Å². The summed E-state index contributed by atoms with van der Waals surface area (Å²) in [4.78, 5) is 37.9. The van der Waals surface area contributed by atoms with Gasteiger partial charge in [-0.25, -0.2) is 0 Å². The molecule has 33 heavy (non-hydrogen) atoms. The molecule has 0 aliphatic carbocycles. The van der Waals surface area contributed by atoms with Gasteiger partial charge in [-0.05, 0) is 55.8 Å². The fourth-order valence-corrected chi connectivity index (χ4v) is 3.43. The zero-order valence-electron chi connectivity index (χ0n) is 17.9. The third kappa shape index (κ3) is 5.33. The summed E-state index contributed by atoms with van der Waals surface area (Å²) in [6, 6.07) is 9.45. The van der Waals surface area contributed by atoms with Crippen LogP contribution in [0.2, 0.25) is 0 Å². The Morgan fingerprint density at radius 2 is 1.76 bits per heavy atom. The molecule has 1 aliphatic heterocycles. The number of phenolic OH excluding ortho intramolecular Hbond substituents is 1. The number of carbonyl (C=O) groups is 3. The number of alkyl halides is 3. The van der Waals surface area contributed by atoms with Crippen molar-refractivity contribution in [3.8, 4) is 5.75 Å². The van der Waals surface area contributed by atoms with E-state index in [1.807, 2.05) is 0 Å². The maximum Gasteiger partial charge on any atom is 0.416 e. The Kier molecular flexibility index (Phi) is 6.78. The Morgan fingerprint density at radius 3 is 2.27 bits per heavy atom. The van der Waals surface area contributed by atoms with E-state index in [-0.39, 0.29) is 30.2 Å². The molecule has 3 atom stereocenters. The van der Waals surface area contributed by atoms with Gasteiger partial charge in [0.25, 0.3) is 5.91 Å². The van der Waals surface area contributed by atoms with Crippen molar-refractivity contribution in [2.75, 3.05) is 13.2 Å². The Hall–Kier alpha value is -3.40. The molecule has 176 valence electrons. The highest BCUT2D eigenvalue weighted by atomic mass is 19.4. The van der Waals surface area contributed by atoms with Gasteiger partial charge < -0.3 is 20.5 Å². The highest BCUT2D eigenvalue weighted by Gasteiger charge is 2.47. The molecule has 3 N–H and O–H groups in total. The average molecular weight is 464 g/mol. The average Bonchev–Trinajstić information content (AvgIpc) is 3.01. The van der Waals surface area contributed by atoms with Crippen LogP contribution in [0.3, 0.4) is 0 Å². The zero-order valence-corrected chi connectivity index (χ0v) is 17.9. The standard InChI is InChI=1S/C23H23F3N2O5/c1-13-22(2,19(30)12-33-13)28-21(32)18(14-5-9-17(29)10-6-14)11-27-20(31)15-3-7-16(8-4-15)23(24,25)26/h3-10,13,18,29H,11-12H2,1-2H3,(H,27,31)(H,28,32). The number of rotatable bonds is 6. The first-order valence-corrected chi connectivity index (χ1v) is 10.1. The summed E-state index contributed by atoms with van der Waals surface area (Å²) in [5.41, 5.74) is -1.68. The lowest BCUT2D eigenvalue weighted by atomic mass is 9.90. The van der Waals surface area contributed by atoms with Crippen LogP contribution < -0.4 is 10.6 Å². The maximum absolute atomic E-state index is 13.1. The smallest absolute Gasteiger partial charge is 0.416 e. The molecule has 3 rings (SSSR count). The van der Waals surface area contributed by atoms with E-state index in [4.69, 9.17) is 4.74 Å². The number of nitrogens with one attached hydrogen (secondary N) is 2. The van der Waals surface area contributed by atoms with Crippen molar-refractivity contribution < 1.29 is 37.4 Å². The molecular formula is C23H23F3N2O5. The number of ketones is 1. The van der Waals surface area contributed by atoms with Crippen LogP contribution in [0.15, 0.2) is 48.5 Å². The first-order chi connectivity index (χ1) is 15.4. The molecule has 1 heterocycles. The van der Waals surface area contributed by atoms with Crippen molar-refractivity contribution in [1.82, 2.24) is 10.6 Å². The number of ether oxygens (including phenoxy) is 1. The molecule has 0 aromatic heterocycles. The van der Waals surface area contributed by atoms with Gasteiger partial charge >= 0.3 is 6.18 Å². The van der Waals surface area contributed by atoms with Gasteiger partial charge in [-0.2, -0.15) is 13.2 Å². The normalized spacial score (nSPS) is 21.5. The maximum atomic E-state index is 13.1. The lowest BCUT2D eigenvalue weighted by Crippen LogP contribution is -2.57. The molecule has 2 aromatic rings. The second kappa shape index (κ2) is 9.22. The van der Waals surface area contributed by atoms with E-state index >= 15 is 0 Å². The van der Waals surface area contributed by atoms with Gasteiger partial charge in [0.15, 0.2) is 5.78 Å². The highest BCUT2D eigenvalue weighted by molar-refractivity contribution is 5.98. The van der Waals surface area contributed by atoms with Gasteiger partial charge in [0.1, 0.15) is 17.9 Å². The molecule has 1 fully saturated rings. The van der Waals surface area contributed by atoms with Crippen LogP contribution in [0.4, 0.5) is 13.2 Å². The second-order valence-electron chi connectivity index (χ2n) is 8.00. The zero-order chi connectivity index (χ0) is 24.4. The van der Waals surface area contributed by atoms with Crippen LogP contribution in [0, 0.1) is 0 Å². The summed E-state index contributed by atoms with van der Waals surface area (Å²) in [6.07, 6.45) is -5.08. The number of hydrogen-bond acceptors (Lipinski definition) is 5. The van der Waals surface area contributed by atoms with Gasteiger partial charge in [0.05, 0.1) is 17.6 Å². The van der Waals surface area contributed by atoms with Crippen molar-refractivity contribution in [2.45, 2.75) is 37.6 Å². The lowest BCUT2D eigenvalue weighted by molar-refractivity contribution is -0.137. The van der Waals surface area contributed by atoms with Crippen LogP contribution in [-0.4, -0.2) is 47.5 Å². The largest absolute Gasteiger partial charge is 0.508 e. The van der Waals surface area contributed by atoms with E-state index in [0.29, 0.717) is 5.56 Å². The lowest BCUT2D eigenvalue weighted by Gasteiger charge is -2.29. The molecule has 0 bridgehead atoms. The molecule has 3 unspecified atom stereocenters. The molecule has 1 saturated heterocycles. The molecule has 0 radical (unpaired) electrons. The summed E-state index contributed by atoms with van der Waals surface area (Å²) >= 11 is 0. The predicted molar refractivity (Wildman–Crippen MR) is 112 cm³/mol. The van der Waals surface area contributed by atoms with Gasteiger partial charge in [0, 0.05) is 12.1 Å². The van der Waals surface area contributed by atoms with Gasteiger partial charge in [0.2, 0.25) is 5.91 Å². The first kappa shape index (κ1) is 24.2. The van der Waals surface area contributed by atoms with Crippen molar-refractivity contribution >= 4 is 17.6 Å². The van der Waals surface area contributed by atoms with E-state index < -0.39 is 41.1 Å². The van der Waals surface area contributed by atoms with Crippen LogP contribution in [0.1, 0.15) is 41.3 Å². The quantitative estimate of drug-likeness (QED) is 0.610. The Labute approximate surface area is 187 Å². The third-order valence-electron chi connectivity index (χ3n) is 5.79. The molecule has 7 nitrogen and oxygen atoms in total. The summed E-state index contributed by atoms with van der Waals surface area (Å²) in [5, 5.41) is 14.8. The number of amides is 2. The summed E-state index contributed by atoms with van der Waals surface area (Å²) < 4.78 is 43.5. The van der Waals surface area contributed by atoms with E-state index in [0.717, 1.165) is 24.3 Å². The van der Waals surface area contributed by atoms with Crippen LogP contribution >= 0.6 is 0 Å². The SMILES string of the molecule is CC1OCC(=O)C1(C)NC(=O)C(CNC(=O)c1ccc(C(F)(F)F)cc1)c1ccc(O)cc1. The summed E-state index contributed by atoms with van der Waals surface area (Å²) in [5.74, 6) is -2.48. The number of Topliss-reactive ketones (excluding diaryl/α,β-unsaturated/α-hetero) is 1. The molecular weight excluding hydrogens is 441 g/mol. The molecule has 2 amide bonds. The number of hydrogen-bond donors (Lipinski definition) is 3. The van der Waals surface area contributed by atoms with Crippen LogP contribution in [0.25, 0.3) is 0 Å². The third-order valence-corrected chi connectivity index (χ3v) is 5.79. The Morgan fingerprint density at radius 1 is 1.15 bits per heavy atom. The van der Waals surface area contributed by atoms with Crippen molar-refractivity contribution in [3.05, 3.63) is 65.2 Å². The highest BCUT2D eigenvalue weighted by Crippen LogP contribution is 2.29. The minimum Gasteiger partial charge on any atom is -0.508 e. The predicted octanol–water partition coefficient (Wildman–Crippen LogP) is 2.79. The van der Waals surface area contributed by atoms with Gasteiger partial charge in [-0.15, -0.1) is 0 Å². The number of phenols is 1. The molecule has 1 aliphatic rings. The first-order valence-electron chi connectivity index (χ1n) is 10.1. The number of halogens is 3. The van der Waals surface area contributed by atoms with Crippen molar-refractivity contribution in [3.63, 3.8) is 0 Å². The number of carbonyl (C=O) groups excluding carboxylic acids is 3. The Bertz CT molecular complexity index is 1040. The molecule has 0 saturated carbocycles. The molecule has 0 spiro atoms. The van der Waals surface area contributed by atoms with Crippen LogP contribution in [0.5, 0.6) is 5.75 Å². The fourth-order valence-electron chi connectivity index (χ4n) is 3.43. The topological polar surface area (TPSA) is 105 Å². The van der Waals surface area contributed by atoms with E-state index in [1.54, 1.807) is 13.8 Å². The van der Waals surface area contributed by atoms with E-state index in [1.165, 1.54) is 24.3 Å². The Balaban J connectivity index is 1.77. The fraction of sp³-hybridized carbons (Fsp3) is 0.348. The van der Waals surface area contributed by atoms with E-state index in [9.17, 15) is 32.7 Å². The second-order valence-corrected chi connectivity index (χ2v) is 8.00. The summed E-state index contributed by atoms with van der Waals surface area (Å²) in [7, 11) is 0. The number of benzene rings is 2. The minimum atomic E-state index is -4.52. The van der Waals surface area contributed by atoms with E-state index in [2.05, 4.69) is 10.6 Å². The molecule has 2 aromatic carbocycles. The van der Waals surface area contributed by atoms with Crippen molar-refractivity contribution in [1.29, 1.82) is 0 Å². The van der Waals surface area contributed by atoms with Crippen molar-refractivity contribution in [2.24, 2.45) is 0 Å². The van der Waals surface area contributed by atoms with Crippen LogP contribution in [-0.2, 0) is 20.5 Å².